The molecule has 0 saturated heterocycles. The number of aryl methyl sites for hydroxylation is 1. The summed E-state index contributed by atoms with van der Waals surface area (Å²) in [6, 6.07) is 7.80. The van der Waals surface area contributed by atoms with E-state index >= 15 is 0 Å². The van der Waals surface area contributed by atoms with E-state index in [2.05, 4.69) is 17.2 Å². The van der Waals surface area contributed by atoms with Gasteiger partial charge in [-0.2, -0.15) is 0 Å². The number of guanidine groups is 1. The van der Waals surface area contributed by atoms with Crippen molar-refractivity contribution in [2.45, 2.75) is 27.2 Å². The Morgan fingerprint density at radius 2 is 1.95 bits per heavy atom. The van der Waals surface area contributed by atoms with Crippen molar-refractivity contribution in [1.29, 1.82) is 0 Å². The van der Waals surface area contributed by atoms with E-state index < -0.39 is 0 Å². The van der Waals surface area contributed by atoms with Crippen LogP contribution >= 0.6 is 24.0 Å². The number of aliphatic imine (C=N–C) groups is 1. The predicted molar refractivity (Wildman–Crippen MR) is 99.3 cm³/mol. The first-order chi connectivity index (χ1) is 9.60. The second-order valence-corrected chi connectivity index (χ2v) is 4.45. The molecule has 1 rings (SSSR count). The molecule has 0 aliphatic rings. The van der Waals surface area contributed by atoms with Crippen LogP contribution in [0.3, 0.4) is 0 Å². The molecule has 0 saturated carbocycles. The number of nitrogens with two attached hydrogens (primary N) is 1. The minimum Gasteiger partial charge on any atom is -0.370 e. The van der Waals surface area contributed by atoms with Crippen LogP contribution in [0.25, 0.3) is 0 Å². The Labute approximate surface area is 144 Å². The van der Waals surface area contributed by atoms with Crippen LogP contribution in [0, 0.1) is 0 Å². The molecule has 0 unspecified atom stereocenters. The van der Waals surface area contributed by atoms with Gasteiger partial charge >= 0.3 is 0 Å². The van der Waals surface area contributed by atoms with Crippen LogP contribution in [0.1, 0.15) is 26.3 Å². The zero-order chi connectivity index (χ0) is 15.0. The minimum atomic E-state index is -0.159. The van der Waals surface area contributed by atoms with Gasteiger partial charge in [-0.1, -0.05) is 19.1 Å². The second-order valence-electron chi connectivity index (χ2n) is 4.45. The first-order valence-electron chi connectivity index (χ1n) is 7.04. The molecule has 118 valence electrons. The Bertz CT molecular complexity index is 472. The van der Waals surface area contributed by atoms with E-state index in [1.807, 2.05) is 43.0 Å². The van der Waals surface area contributed by atoms with Gasteiger partial charge in [-0.05, 0) is 38.0 Å². The van der Waals surface area contributed by atoms with Crippen molar-refractivity contribution in [3.63, 3.8) is 0 Å². The third-order valence-corrected chi connectivity index (χ3v) is 3.09. The molecule has 1 aromatic carbocycles. The predicted octanol–water partition coefficient (Wildman–Crippen LogP) is 2.46. The average molecular weight is 404 g/mol. The Morgan fingerprint density at radius 1 is 1.29 bits per heavy atom. The maximum atomic E-state index is 11.8. The van der Waals surface area contributed by atoms with Gasteiger partial charge in [-0.25, -0.2) is 4.99 Å². The van der Waals surface area contributed by atoms with Crippen LogP contribution in [-0.2, 0) is 11.2 Å². The van der Waals surface area contributed by atoms with Crippen molar-refractivity contribution >= 4 is 41.5 Å². The summed E-state index contributed by atoms with van der Waals surface area (Å²) in [5.74, 6) is 0.251. The van der Waals surface area contributed by atoms with Gasteiger partial charge in [0, 0.05) is 18.8 Å². The van der Waals surface area contributed by atoms with Gasteiger partial charge in [-0.3, -0.25) is 4.79 Å². The highest BCUT2D eigenvalue weighted by Gasteiger charge is 2.05. The molecule has 0 bridgehead atoms. The van der Waals surface area contributed by atoms with Gasteiger partial charge in [0.15, 0.2) is 5.96 Å². The lowest BCUT2D eigenvalue weighted by molar-refractivity contribution is -0.114. The van der Waals surface area contributed by atoms with Gasteiger partial charge in [0.25, 0.3) is 0 Å². The molecule has 5 nitrogen and oxygen atoms in total. The zero-order valence-corrected chi connectivity index (χ0v) is 15.3. The van der Waals surface area contributed by atoms with Crippen molar-refractivity contribution in [1.82, 2.24) is 4.90 Å². The molecular weight excluding hydrogens is 379 g/mol. The minimum absolute atomic E-state index is 0. The topological polar surface area (TPSA) is 70.7 Å². The molecule has 3 N–H and O–H groups in total. The third-order valence-electron chi connectivity index (χ3n) is 3.09. The molecule has 0 aromatic heterocycles. The standard InChI is InChI=1S/C15H24N4O.HI/c1-4-12-8-7-9-13(10-12)18-14(20)11-17-15(16)19(5-2)6-3;/h7-10H,4-6,11H2,1-3H3,(H2,16,17)(H,18,20);1H. The van der Waals surface area contributed by atoms with Gasteiger partial charge in [0.2, 0.25) is 5.91 Å². The Morgan fingerprint density at radius 3 is 2.52 bits per heavy atom. The van der Waals surface area contributed by atoms with Crippen LogP contribution in [0.15, 0.2) is 29.3 Å². The summed E-state index contributed by atoms with van der Waals surface area (Å²) >= 11 is 0. The Balaban J connectivity index is 0.00000400. The van der Waals surface area contributed by atoms with Crippen LogP contribution in [-0.4, -0.2) is 36.4 Å². The summed E-state index contributed by atoms with van der Waals surface area (Å²) in [4.78, 5) is 17.8. The number of amides is 1. The molecule has 0 atom stereocenters. The number of rotatable bonds is 6. The highest BCUT2D eigenvalue weighted by molar-refractivity contribution is 14.0. The van der Waals surface area contributed by atoms with Crippen molar-refractivity contribution in [2.24, 2.45) is 10.7 Å². The van der Waals surface area contributed by atoms with E-state index in [9.17, 15) is 4.79 Å². The molecule has 6 heteroatoms. The number of nitrogens with zero attached hydrogens (tertiary/aromatic N) is 2. The SMILES string of the molecule is CCc1cccc(NC(=O)CN=C(N)N(CC)CC)c1.I. The number of halogens is 1. The molecule has 1 aromatic rings. The lowest BCUT2D eigenvalue weighted by Crippen LogP contribution is -2.37. The summed E-state index contributed by atoms with van der Waals surface area (Å²) in [5.41, 5.74) is 7.81. The molecule has 0 heterocycles. The smallest absolute Gasteiger partial charge is 0.246 e. The quantitative estimate of drug-likeness (QED) is 0.435. The summed E-state index contributed by atoms with van der Waals surface area (Å²) in [6.07, 6.45) is 0.941. The molecular formula is C15H25IN4O. The fourth-order valence-corrected chi connectivity index (χ4v) is 1.87. The molecule has 0 fully saturated rings. The van der Waals surface area contributed by atoms with Crippen LogP contribution in [0.5, 0.6) is 0 Å². The molecule has 0 spiro atoms. The van der Waals surface area contributed by atoms with E-state index in [0.717, 1.165) is 25.2 Å². The van der Waals surface area contributed by atoms with Crippen LogP contribution in [0.2, 0.25) is 0 Å². The number of hydrogen-bond donors (Lipinski definition) is 2. The van der Waals surface area contributed by atoms with Crippen molar-refractivity contribution in [3.8, 4) is 0 Å². The van der Waals surface area contributed by atoms with Crippen LogP contribution in [0.4, 0.5) is 5.69 Å². The van der Waals surface area contributed by atoms with Crippen molar-refractivity contribution in [3.05, 3.63) is 29.8 Å². The van der Waals surface area contributed by atoms with Gasteiger partial charge in [0.05, 0.1) is 0 Å². The maximum absolute atomic E-state index is 11.8. The lowest BCUT2D eigenvalue weighted by Gasteiger charge is -2.19. The highest BCUT2D eigenvalue weighted by atomic mass is 127. The number of hydrogen-bond acceptors (Lipinski definition) is 2. The first-order valence-corrected chi connectivity index (χ1v) is 7.04. The summed E-state index contributed by atoms with van der Waals surface area (Å²) in [6.45, 7) is 7.69. The molecule has 1 amide bonds. The lowest BCUT2D eigenvalue weighted by atomic mass is 10.1. The highest BCUT2D eigenvalue weighted by Crippen LogP contribution is 2.10. The number of carbonyl (C=O) groups excluding carboxylic acids is 1. The molecule has 0 aliphatic carbocycles. The molecule has 21 heavy (non-hydrogen) atoms. The van der Waals surface area contributed by atoms with Crippen molar-refractivity contribution in [2.75, 3.05) is 25.0 Å². The second kappa shape index (κ2) is 10.4. The molecule has 0 aliphatic heterocycles. The largest absolute Gasteiger partial charge is 0.370 e. The van der Waals surface area contributed by atoms with E-state index in [4.69, 9.17) is 5.73 Å². The van der Waals surface area contributed by atoms with Crippen LogP contribution < -0.4 is 11.1 Å². The third kappa shape index (κ3) is 6.79. The molecule has 0 radical (unpaired) electrons. The zero-order valence-electron chi connectivity index (χ0n) is 12.9. The van der Waals surface area contributed by atoms with Crippen molar-refractivity contribution < 1.29 is 4.79 Å². The summed E-state index contributed by atoms with van der Waals surface area (Å²) < 4.78 is 0. The Kier molecular flexibility index (Phi) is 9.77. The number of carbonyl (C=O) groups is 1. The monoisotopic (exact) mass is 404 g/mol. The van der Waals surface area contributed by atoms with E-state index in [1.165, 1.54) is 5.56 Å². The summed E-state index contributed by atoms with van der Waals surface area (Å²) in [5, 5.41) is 2.83. The fourth-order valence-electron chi connectivity index (χ4n) is 1.87. The normalized spacial score (nSPS) is 10.7. The van der Waals surface area contributed by atoms with E-state index in [1.54, 1.807) is 0 Å². The first kappa shape index (κ1) is 19.7. The Hall–Kier alpha value is -1.31. The fraction of sp³-hybridized carbons (Fsp3) is 0.467. The number of benzene rings is 1. The summed E-state index contributed by atoms with van der Waals surface area (Å²) in [7, 11) is 0. The van der Waals surface area contributed by atoms with Gasteiger partial charge < -0.3 is 16.0 Å². The number of nitrogens with one attached hydrogen (secondary N) is 1. The van der Waals surface area contributed by atoms with Gasteiger partial charge in [0.1, 0.15) is 6.54 Å². The van der Waals surface area contributed by atoms with Gasteiger partial charge in [-0.15, -0.1) is 24.0 Å². The van der Waals surface area contributed by atoms with E-state index in [-0.39, 0.29) is 36.4 Å². The van der Waals surface area contributed by atoms with E-state index in [0.29, 0.717) is 5.96 Å². The maximum Gasteiger partial charge on any atom is 0.246 e. The number of anilines is 1. The average Bonchev–Trinajstić information content (AvgIpc) is 2.46.